The molecule has 2 rings (SSSR count). The number of methoxy groups -OCH3 is 2. The zero-order chi connectivity index (χ0) is 20.0. The molecule has 0 aromatic carbocycles. The molecule has 0 fully saturated rings. The fourth-order valence-electron chi connectivity index (χ4n) is 3.40. The summed E-state index contributed by atoms with van der Waals surface area (Å²) in [6.07, 6.45) is 1.94. The van der Waals surface area contributed by atoms with E-state index in [0.717, 1.165) is 17.5 Å². The number of aryl methyl sites for hydroxylation is 1. The molecular weight excluding hydrogens is 348 g/mol. The first kappa shape index (κ1) is 20.7. The van der Waals surface area contributed by atoms with Crippen molar-refractivity contribution in [3.05, 3.63) is 28.5 Å². The third kappa shape index (κ3) is 4.59. The minimum atomic E-state index is -0.218. The molecule has 1 aliphatic rings. The number of ether oxygens (including phenoxy) is 2. The number of aliphatic hydroxyl groups is 1. The average Bonchev–Trinajstić information content (AvgIpc) is 2.64. The van der Waals surface area contributed by atoms with Crippen molar-refractivity contribution in [1.29, 1.82) is 0 Å². The highest BCUT2D eigenvalue weighted by atomic mass is 16.6. The predicted molar refractivity (Wildman–Crippen MR) is 103 cm³/mol. The van der Waals surface area contributed by atoms with Gasteiger partial charge < -0.3 is 19.4 Å². The summed E-state index contributed by atoms with van der Waals surface area (Å²) in [5.41, 5.74) is 2.53. The number of aliphatic hydroxyl groups excluding tert-OH is 1. The molecule has 0 saturated carbocycles. The molecule has 0 radical (unpaired) electrons. The second-order valence-electron chi connectivity index (χ2n) is 6.46. The largest absolute Gasteiger partial charge is 0.511 e. The number of allylic oxidation sites excluding steroid dienone is 2. The van der Waals surface area contributed by atoms with E-state index >= 15 is 0 Å². The number of hydrogen-bond acceptors (Lipinski definition) is 7. The van der Waals surface area contributed by atoms with Gasteiger partial charge in [-0.3, -0.25) is 4.79 Å². The molecule has 0 spiro atoms. The smallest absolute Gasteiger partial charge is 0.220 e. The number of carbonyl (C=O) groups is 1. The Morgan fingerprint density at radius 1 is 1.30 bits per heavy atom. The van der Waals surface area contributed by atoms with E-state index in [0.29, 0.717) is 42.5 Å². The molecule has 0 amide bonds. The highest BCUT2D eigenvalue weighted by molar-refractivity contribution is 6.23. The lowest BCUT2D eigenvalue weighted by Crippen LogP contribution is -2.25. The SMILES string of the molecule is CCCC(=NOCC)C1=C(O)CC(c2c(C)cc(OC)nc2OC)CC1=O. The van der Waals surface area contributed by atoms with Gasteiger partial charge in [0.25, 0.3) is 0 Å². The predicted octanol–water partition coefficient (Wildman–Crippen LogP) is 3.86. The van der Waals surface area contributed by atoms with Crippen LogP contribution in [0, 0.1) is 6.92 Å². The summed E-state index contributed by atoms with van der Waals surface area (Å²) in [5.74, 6) is 0.542. The fraction of sp³-hybridized carbons (Fsp3) is 0.550. The number of pyridine rings is 1. The lowest BCUT2D eigenvalue weighted by atomic mass is 9.79. The van der Waals surface area contributed by atoms with Gasteiger partial charge in [-0.1, -0.05) is 18.5 Å². The highest BCUT2D eigenvalue weighted by Gasteiger charge is 2.34. The molecule has 1 atom stereocenters. The molecule has 0 bridgehead atoms. The third-order valence-electron chi connectivity index (χ3n) is 4.54. The van der Waals surface area contributed by atoms with Gasteiger partial charge in [0, 0.05) is 30.4 Å². The zero-order valence-electron chi connectivity index (χ0n) is 16.7. The average molecular weight is 376 g/mol. The monoisotopic (exact) mass is 376 g/mol. The molecule has 148 valence electrons. The Morgan fingerprint density at radius 3 is 2.59 bits per heavy atom. The molecular formula is C20H28N2O5. The summed E-state index contributed by atoms with van der Waals surface area (Å²) >= 11 is 0. The topological polar surface area (TPSA) is 90.2 Å². The van der Waals surface area contributed by atoms with Crippen molar-refractivity contribution >= 4 is 11.5 Å². The first-order valence-corrected chi connectivity index (χ1v) is 9.20. The second kappa shape index (κ2) is 9.39. The van der Waals surface area contributed by atoms with E-state index in [1.807, 2.05) is 20.8 Å². The Hall–Kier alpha value is -2.57. The van der Waals surface area contributed by atoms with Gasteiger partial charge in [0.2, 0.25) is 11.8 Å². The van der Waals surface area contributed by atoms with Crippen LogP contribution in [-0.2, 0) is 9.63 Å². The van der Waals surface area contributed by atoms with Crippen LogP contribution in [0.1, 0.15) is 56.6 Å². The number of Topliss-reactive ketones (excluding diaryl/α,β-unsaturated/α-hetero) is 1. The molecule has 27 heavy (non-hydrogen) atoms. The molecule has 7 nitrogen and oxygen atoms in total. The zero-order valence-corrected chi connectivity index (χ0v) is 16.7. The van der Waals surface area contributed by atoms with Gasteiger partial charge in [-0.25, -0.2) is 0 Å². The number of hydrogen-bond donors (Lipinski definition) is 1. The van der Waals surface area contributed by atoms with Crippen molar-refractivity contribution in [2.24, 2.45) is 5.16 Å². The van der Waals surface area contributed by atoms with Crippen LogP contribution in [0.15, 0.2) is 22.6 Å². The molecule has 1 aromatic rings. The summed E-state index contributed by atoms with van der Waals surface area (Å²) < 4.78 is 10.6. The van der Waals surface area contributed by atoms with Crippen LogP contribution in [0.25, 0.3) is 0 Å². The summed E-state index contributed by atoms with van der Waals surface area (Å²) in [5, 5.41) is 14.7. The lowest BCUT2D eigenvalue weighted by molar-refractivity contribution is -0.116. The molecule has 1 aliphatic carbocycles. The molecule has 0 saturated heterocycles. The maximum Gasteiger partial charge on any atom is 0.220 e. The van der Waals surface area contributed by atoms with Crippen LogP contribution in [0.5, 0.6) is 11.8 Å². The molecule has 0 aliphatic heterocycles. The van der Waals surface area contributed by atoms with Crippen LogP contribution >= 0.6 is 0 Å². The van der Waals surface area contributed by atoms with E-state index in [2.05, 4.69) is 10.1 Å². The number of ketones is 1. The maximum absolute atomic E-state index is 12.9. The van der Waals surface area contributed by atoms with E-state index in [4.69, 9.17) is 14.3 Å². The summed E-state index contributed by atoms with van der Waals surface area (Å²) in [7, 11) is 3.07. The Morgan fingerprint density at radius 2 is 2.04 bits per heavy atom. The van der Waals surface area contributed by atoms with Crippen molar-refractivity contribution in [2.75, 3.05) is 20.8 Å². The first-order chi connectivity index (χ1) is 13.0. The summed E-state index contributed by atoms with van der Waals surface area (Å²) in [6, 6.07) is 1.80. The summed E-state index contributed by atoms with van der Waals surface area (Å²) in [6.45, 7) is 6.14. The van der Waals surface area contributed by atoms with Crippen LogP contribution in [0.4, 0.5) is 0 Å². The van der Waals surface area contributed by atoms with Crippen molar-refractivity contribution in [2.45, 2.75) is 52.4 Å². The van der Waals surface area contributed by atoms with Crippen molar-refractivity contribution in [3.8, 4) is 11.8 Å². The standard InChI is InChI=1S/C20H28N2O5/c1-6-8-14(22-27-7-2)19-15(23)10-13(11-16(19)24)18-12(3)9-17(25-4)21-20(18)26-5/h9,13,23H,6-8,10-11H2,1-5H3. The van der Waals surface area contributed by atoms with Crippen LogP contribution in [0.2, 0.25) is 0 Å². The summed E-state index contributed by atoms with van der Waals surface area (Å²) in [4.78, 5) is 22.3. The second-order valence-corrected chi connectivity index (χ2v) is 6.46. The van der Waals surface area contributed by atoms with Crippen molar-refractivity contribution < 1.29 is 24.2 Å². The van der Waals surface area contributed by atoms with Gasteiger partial charge in [-0.15, -0.1) is 0 Å². The van der Waals surface area contributed by atoms with Gasteiger partial charge in [0.05, 0.1) is 25.5 Å². The van der Waals surface area contributed by atoms with E-state index < -0.39 is 0 Å². The maximum atomic E-state index is 12.9. The number of rotatable bonds is 8. The Labute approximate surface area is 160 Å². The van der Waals surface area contributed by atoms with E-state index in [1.165, 1.54) is 7.11 Å². The first-order valence-electron chi connectivity index (χ1n) is 9.20. The van der Waals surface area contributed by atoms with Crippen molar-refractivity contribution in [1.82, 2.24) is 4.98 Å². The van der Waals surface area contributed by atoms with Crippen LogP contribution < -0.4 is 9.47 Å². The molecule has 7 heteroatoms. The van der Waals surface area contributed by atoms with Gasteiger partial charge in [-0.2, -0.15) is 4.98 Å². The lowest BCUT2D eigenvalue weighted by Gasteiger charge is -2.26. The minimum Gasteiger partial charge on any atom is -0.511 e. The van der Waals surface area contributed by atoms with Gasteiger partial charge >= 0.3 is 0 Å². The molecule has 1 N–H and O–H groups in total. The molecule has 1 aromatic heterocycles. The molecule has 1 heterocycles. The Kier molecular flexibility index (Phi) is 7.21. The number of nitrogens with zero attached hydrogens (tertiary/aromatic N) is 2. The van der Waals surface area contributed by atoms with Crippen LogP contribution in [0.3, 0.4) is 0 Å². The molecule has 1 unspecified atom stereocenters. The highest BCUT2D eigenvalue weighted by Crippen LogP contribution is 2.40. The van der Waals surface area contributed by atoms with Crippen LogP contribution in [-0.4, -0.2) is 42.4 Å². The number of carbonyl (C=O) groups excluding carboxylic acids is 1. The van der Waals surface area contributed by atoms with E-state index in [9.17, 15) is 9.90 Å². The normalized spacial score (nSPS) is 17.9. The van der Waals surface area contributed by atoms with Gasteiger partial charge in [-0.05, 0) is 25.8 Å². The Balaban J connectivity index is 2.42. The van der Waals surface area contributed by atoms with Gasteiger partial charge in [0.1, 0.15) is 12.4 Å². The van der Waals surface area contributed by atoms with E-state index in [1.54, 1.807) is 13.2 Å². The quantitative estimate of drug-likeness (QED) is 0.547. The van der Waals surface area contributed by atoms with Gasteiger partial charge in [0.15, 0.2) is 5.78 Å². The third-order valence-corrected chi connectivity index (χ3v) is 4.54. The number of aromatic nitrogens is 1. The number of oxime groups is 1. The minimum absolute atomic E-state index is 0.0421. The fourth-order valence-corrected chi connectivity index (χ4v) is 3.40. The van der Waals surface area contributed by atoms with E-state index in [-0.39, 0.29) is 23.9 Å². The Bertz CT molecular complexity index is 755. The van der Waals surface area contributed by atoms with Crippen molar-refractivity contribution in [3.63, 3.8) is 0 Å².